The van der Waals surface area contributed by atoms with Gasteiger partial charge in [-0.15, -0.1) is 0 Å². The van der Waals surface area contributed by atoms with Gasteiger partial charge in [-0.3, -0.25) is 0 Å². The van der Waals surface area contributed by atoms with Crippen LogP contribution in [0, 0.1) is 17.8 Å². The summed E-state index contributed by atoms with van der Waals surface area (Å²) in [5, 5.41) is 10.5. The van der Waals surface area contributed by atoms with Gasteiger partial charge in [0, 0.05) is 18.9 Å². The van der Waals surface area contributed by atoms with Crippen molar-refractivity contribution in [1.82, 2.24) is 9.55 Å². The van der Waals surface area contributed by atoms with Crippen LogP contribution in [0.1, 0.15) is 58.4 Å². The third kappa shape index (κ3) is 2.77. The van der Waals surface area contributed by atoms with Crippen LogP contribution < -0.4 is 0 Å². The lowest BCUT2D eigenvalue weighted by Gasteiger charge is -2.33. The lowest BCUT2D eigenvalue weighted by molar-refractivity contribution is 0.0577. The van der Waals surface area contributed by atoms with Gasteiger partial charge in [-0.25, -0.2) is 4.98 Å². The van der Waals surface area contributed by atoms with Gasteiger partial charge in [0.25, 0.3) is 0 Å². The minimum absolute atomic E-state index is 0.381. The van der Waals surface area contributed by atoms with Gasteiger partial charge in [0.1, 0.15) is 11.9 Å². The molecule has 1 heterocycles. The number of hydrogen-bond acceptors (Lipinski definition) is 2. The first-order valence-corrected chi connectivity index (χ1v) is 7.32. The average molecular weight is 250 g/mol. The fourth-order valence-corrected chi connectivity index (χ4v) is 3.19. The first-order chi connectivity index (χ1) is 8.63. The molecule has 0 aliphatic heterocycles. The van der Waals surface area contributed by atoms with Crippen LogP contribution in [-0.4, -0.2) is 14.7 Å². The number of aromatic nitrogens is 2. The van der Waals surface area contributed by atoms with Crippen molar-refractivity contribution in [2.75, 3.05) is 0 Å². The molecular weight excluding hydrogens is 224 g/mol. The topological polar surface area (TPSA) is 38.0 Å². The van der Waals surface area contributed by atoms with Crippen LogP contribution in [0.15, 0.2) is 12.4 Å². The van der Waals surface area contributed by atoms with Crippen molar-refractivity contribution in [3.63, 3.8) is 0 Å². The summed E-state index contributed by atoms with van der Waals surface area (Å²) < 4.78 is 2.05. The Balaban J connectivity index is 1.97. The normalized spacial score (nSPS) is 26.5. The van der Waals surface area contributed by atoms with Gasteiger partial charge >= 0.3 is 0 Å². The van der Waals surface area contributed by atoms with Crippen molar-refractivity contribution in [3.8, 4) is 0 Å². The summed E-state index contributed by atoms with van der Waals surface area (Å²) in [6, 6.07) is 0. The van der Waals surface area contributed by atoms with Gasteiger partial charge in [0.2, 0.25) is 0 Å². The second kappa shape index (κ2) is 5.87. The van der Waals surface area contributed by atoms with E-state index in [-0.39, 0.29) is 6.10 Å². The fraction of sp³-hybridized carbons (Fsp3) is 0.800. The van der Waals surface area contributed by atoms with Crippen molar-refractivity contribution >= 4 is 0 Å². The molecule has 1 aliphatic carbocycles. The van der Waals surface area contributed by atoms with E-state index in [1.54, 1.807) is 6.20 Å². The lowest BCUT2D eigenvalue weighted by atomic mass is 9.75. The van der Waals surface area contributed by atoms with Crippen molar-refractivity contribution in [1.29, 1.82) is 0 Å². The first kappa shape index (κ1) is 13.6. The van der Waals surface area contributed by atoms with Crippen molar-refractivity contribution in [2.24, 2.45) is 17.8 Å². The molecule has 1 saturated carbocycles. The van der Waals surface area contributed by atoms with Gasteiger partial charge in [-0.2, -0.15) is 0 Å². The summed E-state index contributed by atoms with van der Waals surface area (Å²) in [5.41, 5.74) is 0. The molecule has 0 radical (unpaired) electrons. The third-order valence-electron chi connectivity index (χ3n) is 4.56. The SMILES string of the molecule is CCn1ccnc1C(O)C1CCC(C(C)C)CC1. The summed E-state index contributed by atoms with van der Waals surface area (Å²) in [6.07, 6.45) is 8.16. The summed E-state index contributed by atoms with van der Waals surface area (Å²) in [5.74, 6) is 2.87. The second-order valence-corrected chi connectivity index (χ2v) is 5.94. The number of imidazole rings is 1. The Hall–Kier alpha value is -0.830. The van der Waals surface area contributed by atoms with Gasteiger partial charge in [-0.05, 0) is 50.4 Å². The Kier molecular flexibility index (Phi) is 4.44. The van der Waals surface area contributed by atoms with Gasteiger partial charge in [-0.1, -0.05) is 13.8 Å². The smallest absolute Gasteiger partial charge is 0.137 e. The van der Waals surface area contributed by atoms with E-state index in [0.29, 0.717) is 5.92 Å². The molecule has 0 spiro atoms. The van der Waals surface area contributed by atoms with Crippen LogP contribution in [0.2, 0.25) is 0 Å². The molecule has 0 amide bonds. The molecule has 1 N–H and O–H groups in total. The zero-order valence-electron chi connectivity index (χ0n) is 11.8. The summed E-state index contributed by atoms with van der Waals surface area (Å²) in [6.45, 7) is 7.59. The Morgan fingerprint density at radius 2 is 1.89 bits per heavy atom. The maximum absolute atomic E-state index is 10.5. The predicted molar refractivity (Wildman–Crippen MR) is 73.1 cm³/mol. The van der Waals surface area contributed by atoms with E-state index in [0.717, 1.165) is 37.0 Å². The molecule has 0 aromatic carbocycles. The molecule has 2 rings (SSSR count). The molecule has 0 bridgehead atoms. The van der Waals surface area contributed by atoms with E-state index in [2.05, 4.69) is 30.3 Å². The molecule has 0 saturated heterocycles. The predicted octanol–water partition coefficient (Wildman–Crippen LogP) is 3.40. The number of nitrogens with zero attached hydrogens (tertiary/aromatic N) is 2. The van der Waals surface area contributed by atoms with E-state index in [4.69, 9.17) is 0 Å². The minimum Gasteiger partial charge on any atom is -0.385 e. The fourth-order valence-electron chi connectivity index (χ4n) is 3.19. The molecule has 1 aliphatic rings. The Morgan fingerprint density at radius 1 is 1.28 bits per heavy atom. The Bertz CT molecular complexity index is 364. The van der Waals surface area contributed by atoms with E-state index in [1.807, 2.05) is 6.20 Å². The molecule has 1 fully saturated rings. The quantitative estimate of drug-likeness (QED) is 0.889. The maximum atomic E-state index is 10.5. The average Bonchev–Trinajstić information content (AvgIpc) is 2.86. The van der Waals surface area contributed by atoms with Gasteiger partial charge < -0.3 is 9.67 Å². The molecule has 1 aromatic heterocycles. The zero-order chi connectivity index (χ0) is 13.1. The maximum Gasteiger partial charge on any atom is 0.137 e. The second-order valence-electron chi connectivity index (χ2n) is 5.94. The standard InChI is InChI=1S/C15H26N2O/c1-4-17-10-9-16-15(17)14(18)13-7-5-12(6-8-13)11(2)3/h9-14,18H,4-8H2,1-3H3. The lowest BCUT2D eigenvalue weighted by Crippen LogP contribution is -2.24. The highest BCUT2D eigenvalue weighted by Crippen LogP contribution is 2.38. The van der Waals surface area contributed by atoms with Crippen LogP contribution in [0.25, 0.3) is 0 Å². The van der Waals surface area contributed by atoms with Crippen LogP contribution >= 0.6 is 0 Å². The van der Waals surface area contributed by atoms with Crippen molar-refractivity contribution < 1.29 is 5.11 Å². The largest absolute Gasteiger partial charge is 0.385 e. The molecule has 3 heteroatoms. The highest BCUT2D eigenvalue weighted by molar-refractivity contribution is 4.99. The molecule has 1 atom stereocenters. The number of rotatable bonds is 4. The van der Waals surface area contributed by atoms with E-state index >= 15 is 0 Å². The molecule has 1 unspecified atom stereocenters. The first-order valence-electron chi connectivity index (χ1n) is 7.32. The Labute approximate surface area is 110 Å². The number of aliphatic hydroxyl groups excluding tert-OH is 1. The van der Waals surface area contributed by atoms with Gasteiger partial charge in [0.15, 0.2) is 0 Å². The van der Waals surface area contributed by atoms with E-state index in [1.165, 1.54) is 12.8 Å². The minimum atomic E-state index is -0.381. The van der Waals surface area contributed by atoms with E-state index < -0.39 is 0 Å². The van der Waals surface area contributed by atoms with Crippen molar-refractivity contribution in [3.05, 3.63) is 18.2 Å². The van der Waals surface area contributed by atoms with Crippen LogP contribution in [0.5, 0.6) is 0 Å². The highest BCUT2D eigenvalue weighted by Gasteiger charge is 2.30. The summed E-state index contributed by atoms with van der Waals surface area (Å²) >= 11 is 0. The molecule has 3 nitrogen and oxygen atoms in total. The molecular formula is C15H26N2O. The van der Waals surface area contributed by atoms with Crippen molar-refractivity contribution in [2.45, 2.75) is 59.1 Å². The van der Waals surface area contributed by atoms with Crippen LogP contribution in [-0.2, 0) is 6.54 Å². The molecule has 1 aromatic rings. The summed E-state index contributed by atoms with van der Waals surface area (Å²) in [4.78, 5) is 4.33. The number of aliphatic hydroxyl groups is 1. The number of aryl methyl sites for hydroxylation is 1. The van der Waals surface area contributed by atoms with Gasteiger partial charge in [0.05, 0.1) is 0 Å². The van der Waals surface area contributed by atoms with Crippen LogP contribution in [0.4, 0.5) is 0 Å². The highest BCUT2D eigenvalue weighted by atomic mass is 16.3. The number of hydrogen-bond donors (Lipinski definition) is 1. The summed E-state index contributed by atoms with van der Waals surface area (Å²) in [7, 11) is 0. The third-order valence-corrected chi connectivity index (χ3v) is 4.56. The Morgan fingerprint density at radius 3 is 2.44 bits per heavy atom. The van der Waals surface area contributed by atoms with E-state index in [9.17, 15) is 5.11 Å². The zero-order valence-corrected chi connectivity index (χ0v) is 11.8. The van der Waals surface area contributed by atoms with Crippen LogP contribution in [0.3, 0.4) is 0 Å². The molecule has 18 heavy (non-hydrogen) atoms. The monoisotopic (exact) mass is 250 g/mol. The molecule has 102 valence electrons.